The van der Waals surface area contributed by atoms with Crippen molar-refractivity contribution in [3.05, 3.63) is 60.2 Å². The molecule has 0 bridgehead atoms. The molecule has 6 heteroatoms. The highest BCUT2D eigenvalue weighted by Gasteiger charge is 2.19. The average Bonchev–Trinajstić information content (AvgIpc) is 2.59. The summed E-state index contributed by atoms with van der Waals surface area (Å²) >= 11 is 0. The average molecular weight is 335 g/mol. The van der Waals surface area contributed by atoms with E-state index in [1.807, 2.05) is 0 Å². The smallest absolute Gasteiger partial charge is 0.261 e. The monoisotopic (exact) mass is 335 g/mol. The van der Waals surface area contributed by atoms with Crippen LogP contribution in [0.15, 0.2) is 48.5 Å². The molecule has 1 amide bonds. The zero-order valence-electron chi connectivity index (χ0n) is 13.3. The first-order valence-electron chi connectivity index (χ1n) is 7.67. The molecular formula is C18H19F2NO3. The van der Waals surface area contributed by atoms with Gasteiger partial charge in [0.2, 0.25) is 0 Å². The molecule has 1 atom stereocenters. The van der Waals surface area contributed by atoms with Crippen molar-refractivity contribution in [2.75, 3.05) is 13.2 Å². The number of carbonyl (C=O) groups is 1. The Labute approximate surface area is 139 Å². The molecule has 0 aromatic heterocycles. The Kier molecular flexibility index (Phi) is 6.54. The first-order chi connectivity index (χ1) is 11.6. The van der Waals surface area contributed by atoms with Crippen molar-refractivity contribution < 1.29 is 23.0 Å². The van der Waals surface area contributed by atoms with E-state index in [0.717, 1.165) is 0 Å². The molecule has 1 unspecified atom stereocenters. The summed E-state index contributed by atoms with van der Waals surface area (Å²) in [6.45, 7) is 2.26. The number of hydrogen-bond acceptors (Lipinski definition) is 3. The summed E-state index contributed by atoms with van der Waals surface area (Å²) in [6, 6.07) is 11.5. The maximum absolute atomic E-state index is 13.6. The van der Waals surface area contributed by atoms with Crippen molar-refractivity contribution in [2.45, 2.75) is 19.4 Å². The lowest BCUT2D eigenvalue weighted by molar-refractivity contribution is -0.128. The van der Waals surface area contributed by atoms with Gasteiger partial charge in [0.1, 0.15) is 18.2 Å². The number of para-hydroxylation sites is 1. The predicted molar refractivity (Wildman–Crippen MR) is 86.0 cm³/mol. The molecule has 0 saturated heterocycles. The van der Waals surface area contributed by atoms with E-state index in [9.17, 15) is 13.6 Å². The summed E-state index contributed by atoms with van der Waals surface area (Å²) in [5.74, 6) is -0.638. The number of ether oxygens (including phenoxy) is 2. The van der Waals surface area contributed by atoms with Crippen molar-refractivity contribution >= 4 is 5.91 Å². The van der Waals surface area contributed by atoms with E-state index in [2.05, 4.69) is 5.32 Å². The summed E-state index contributed by atoms with van der Waals surface area (Å²) in [6.07, 6.45) is -0.383. The first kappa shape index (κ1) is 17.7. The summed E-state index contributed by atoms with van der Waals surface area (Å²) in [7, 11) is 0. The molecular weight excluding hydrogens is 316 g/mol. The standard InChI is InChI=1S/C18H19F2NO3/c1-2-16(24-17-6-4-3-5-15(17)20)18(22)21-11-12-23-14-9-7-13(19)8-10-14/h3-10,16H,2,11-12H2,1H3,(H,21,22). The van der Waals surface area contributed by atoms with E-state index in [0.29, 0.717) is 12.2 Å². The minimum absolute atomic E-state index is 0.0436. The molecule has 0 fully saturated rings. The molecule has 2 rings (SSSR count). The van der Waals surface area contributed by atoms with Crippen molar-refractivity contribution in [3.63, 3.8) is 0 Å². The highest BCUT2D eigenvalue weighted by molar-refractivity contribution is 5.81. The third kappa shape index (κ3) is 5.22. The van der Waals surface area contributed by atoms with E-state index in [-0.39, 0.29) is 30.6 Å². The van der Waals surface area contributed by atoms with E-state index in [1.54, 1.807) is 19.1 Å². The second-order valence-electron chi connectivity index (χ2n) is 5.04. The van der Waals surface area contributed by atoms with Gasteiger partial charge in [-0.05, 0) is 42.8 Å². The highest BCUT2D eigenvalue weighted by Crippen LogP contribution is 2.18. The Morgan fingerprint density at radius 1 is 1.12 bits per heavy atom. The van der Waals surface area contributed by atoms with Gasteiger partial charge in [-0.3, -0.25) is 4.79 Å². The lowest BCUT2D eigenvalue weighted by atomic mass is 10.2. The van der Waals surface area contributed by atoms with Crippen LogP contribution < -0.4 is 14.8 Å². The zero-order valence-corrected chi connectivity index (χ0v) is 13.3. The molecule has 0 saturated carbocycles. The number of carbonyl (C=O) groups excluding carboxylic acids is 1. The fraction of sp³-hybridized carbons (Fsp3) is 0.278. The van der Waals surface area contributed by atoms with E-state index >= 15 is 0 Å². The number of nitrogens with one attached hydrogen (secondary N) is 1. The van der Waals surface area contributed by atoms with Gasteiger partial charge in [-0.1, -0.05) is 19.1 Å². The van der Waals surface area contributed by atoms with Gasteiger partial charge in [0.05, 0.1) is 6.54 Å². The van der Waals surface area contributed by atoms with Crippen molar-refractivity contribution in [1.29, 1.82) is 0 Å². The van der Waals surface area contributed by atoms with Gasteiger partial charge in [0, 0.05) is 0 Å². The maximum Gasteiger partial charge on any atom is 0.261 e. The second kappa shape index (κ2) is 8.86. The van der Waals surface area contributed by atoms with Crippen LogP contribution in [0.4, 0.5) is 8.78 Å². The van der Waals surface area contributed by atoms with E-state index in [4.69, 9.17) is 9.47 Å². The summed E-state index contributed by atoms with van der Waals surface area (Å²) in [5.41, 5.74) is 0. The Hall–Kier alpha value is -2.63. The van der Waals surface area contributed by atoms with Gasteiger partial charge in [0.25, 0.3) is 5.91 Å². The number of amides is 1. The number of rotatable bonds is 8. The molecule has 0 aliphatic heterocycles. The Bertz CT molecular complexity index is 662. The van der Waals surface area contributed by atoms with Crippen LogP contribution in [0.25, 0.3) is 0 Å². The quantitative estimate of drug-likeness (QED) is 0.753. The molecule has 0 aliphatic rings. The zero-order chi connectivity index (χ0) is 17.4. The third-order valence-corrected chi connectivity index (χ3v) is 3.25. The van der Waals surface area contributed by atoms with Gasteiger partial charge >= 0.3 is 0 Å². The van der Waals surface area contributed by atoms with Crippen LogP contribution >= 0.6 is 0 Å². The Morgan fingerprint density at radius 3 is 2.50 bits per heavy atom. The molecule has 24 heavy (non-hydrogen) atoms. The van der Waals surface area contributed by atoms with Crippen LogP contribution in [0, 0.1) is 11.6 Å². The highest BCUT2D eigenvalue weighted by atomic mass is 19.1. The largest absolute Gasteiger partial charge is 0.492 e. The van der Waals surface area contributed by atoms with Gasteiger partial charge in [-0.25, -0.2) is 8.78 Å². The minimum atomic E-state index is -0.785. The molecule has 2 aromatic carbocycles. The van der Waals surface area contributed by atoms with Crippen LogP contribution in [0.2, 0.25) is 0 Å². The van der Waals surface area contributed by atoms with Crippen molar-refractivity contribution in [2.24, 2.45) is 0 Å². The predicted octanol–water partition coefficient (Wildman–Crippen LogP) is 3.32. The normalized spacial score (nSPS) is 11.6. The van der Waals surface area contributed by atoms with Gasteiger partial charge in [-0.2, -0.15) is 0 Å². The lowest BCUT2D eigenvalue weighted by Crippen LogP contribution is -2.39. The third-order valence-electron chi connectivity index (χ3n) is 3.25. The second-order valence-corrected chi connectivity index (χ2v) is 5.04. The van der Waals surface area contributed by atoms with Crippen LogP contribution in [0.5, 0.6) is 11.5 Å². The molecule has 0 heterocycles. The summed E-state index contributed by atoms with van der Waals surface area (Å²) in [5, 5.41) is 2.67. The fourth-order valence-electron chi connectivity index (χ4n) is 2.00. The maximum atomic E-state index is 13.6. The lowest BCUT2D eigenvalue weighted by Gasteiger charge is -2.17. The van der Waals surface area contributed by atoms with Gasteiger partial charge in [0.15, 0.2) is 17.7 Å². The van der Waals surface area contributed by atoms with Crippen LogP contribution in [0.1, 0.15) is 13.3 Å². The molecule has 1 N–H and O–H groups in total. The van der Waals surface area contributed by atoms with Crippen LogP contribution in [0.3, 0.4) is 0 Å². The molecule has 0 radical (unpaired) electrons. The fourth-order valence-corrected chi connectivity index (χ4v) is 2.00. The van der Waals surface area contributed by atoms with Crippen LogP contribution in [-0.2, 0) is 4.79 Å². The van der Waals surface area contributed by atoms with Gasteiger partial charge in [-0.15, -0.1) is 0 Å². The summed E-state index contributed by atoms with van der Waals surface area (Å²) in [4.78, 5) is 12.1. The Balaban J connectivity index is 1.77. The molecule has 0 aliphatic carbocycles. The topological polar surface area (TPSA) is 47.6 Å². The number of hydrogen-bond donors (Lipinski definition) is 1. The molecule has 2 aromatic rings. The van der Waals surface area contributed by atoms with E-state index < -0.39 is 11.9 Å². The SMILES string of the molecule is CCC(Oc1ccccc1F)C(=O)NCCOc1ccc(F)cc1. The molecule has 128 valence electrons. The number of benzene rings is 2. The van der Waals surface area contributed by atoms with Crippen molar-refractivity contribution in [1.82, 2.24) is 5.32 Å². The Morgan fingerprint density at radius 2 is 1.83 bits per heavy atom. The van der Waals surface area contributed by atoms with E-state index in [1.165, 1.54) is 36.4 Å². The molecule has 4 nitrogen and oxygen atoms in total. The van der Waals surface area contributed by atoms with Gasteiger partial charge < -0.3 is 14.8 Å². The summed E-state index contributed by atoms with van der Waals surface area (Å²) < 4.78 is 37.1. The minimum Gasteiger partial charge on any atom is -0.492 e. The van der Waals surface area contributed by atoms with Crippen molar-refractivity contribution in [3.8, 4) is 11.5 Å². The van der Waals surface area contributed by atoms with Crippen LogP contribution in [-0.4, -0.2) is 25.2 Å². The molecule has 0 spiro atoms. The number of halogens is 2. The first-order valence-corrected chi connectivity index (χ1v) is 7.67.